The summed E-state index contributed by atoms with van der Waals surface area (Å²) in [6, 6.07) is 3.93. The lowest BCUT2D eigenvalue weighted by Crippen LogP contribution is -2.29. The Balaban J connectivity index is 1.66. The third-order valence-corrected chi connectivity index (χ3v) is 4.66. The predicted octanol–water partition coefficient (Wildman–Crippen LogP) is 2.53. The van der Waals surface area contributed by atoms with Crippen LogP contribution in [-0.2, 0) is 24.2 Å². The van der Waals surface area contributed by atoms with E-state index in [1.165, 1.54) is 0 Å². The van der Waals surface area contributed by atoms with Crippen molar-refractivity contribution in [3.8, 4) is 0 Å². The summed E-state index contributed by atoms with van der Waals surface area (Å²) in [5.74, 6) is -0.307. The van der Waals surface area contributed by atoms with Crippen LogP contribution >= 0.6 is 11.6 Å². The van der Waals surface area contributed by atoms with Gasteiger partial charge in [0, 0.05) is 23.5 Å². The van der Waals surface area contributed by atoms with E-state index < -0.39 is 5.97 Å². The van der Waals surface area contributed by atoms with Crippen LogP contribution in [0.3, 0.4) is 0 Å². The van der Waals surface area contributed by atoms with Crippen LogP contribution in [0, 0.1) is 0 Å². The number of carbonyl (C=O) groups is 1. The Bertz CT molecular complexity index is 938. The normalized spacial score (nSPS) is 16.6. The van der Waals surface area contributed by atoms with Crippen LogP contribution in [0.4, 0.5) is 5.95 Å². The average Bonchev–Trinajstić information content (AvgIpc) is 2.90. The number of pyridine rings is 1. The number of aliphatic carboxylic acids is 1. The molecule has 4 rings (SSSR count). The lowest BCUT2D eigenvalue weighted by molar-refractivity contribution is -0.137. The standard InChI is InChI=1S/C17H16ClN5O2/c18-10-7-20-17(21-8-10)22-11-3-4-13-12(6-11)16-14(2-1-5-19-16)23(13)9-15(24)25/h1-2,5,7-8,11H,3-4,6,9H2,(H,24,25)(H,20,21,22). The van der Waals surface area contributed by atoms with Gasteiger partial charge in [-0.25, -0.2) is 9.97 Å². The summed E-state index contributed by atoms with van der Waals surface area (Å²) in [5, 5.41) is 13.1. The van der Waals surface area contributed by atoms with Crippen LogP contribution < -0.4 is 5.32 Å². The molecule has 1 atom stereocenters. The highest BCUT2D eigenvalue weighted by Crippen LogP contribution is 2.31. The Kier molecular flexibility index (Phi) is 4.01. The second-order valence-corrected chi connectivity index (χ2v) is 6.52. The highest BCUT2D eigenvalue weighted by atomic mass is 35.5. The number of hydrogen-bond donors (Lipinski definition) is 2. The fourth-order valence-corrected chi connectivity index (χ4v) is 3.56. The van der Waals surface area contributed by atoms with E-state index in [1.807, 2.05) is 16.7 Å². The van der Waals surface area contributed by atoms with Gasteiger partial charge in [0.2, 0.25) is 5.95 Å². The van der Waals surface area contributed by atoms with Crippen LogP contribution in [0.5, 0.6) is 0 Å². The summed E-state index contributed by atoms with van der Waals surface area (Å²) in [5.41, 5.74) is 3.92. The SMILES string of the molecule is O=C(O)Cn1c2c(c3ncccc31)CC(Nc1ncc(Cl)cn1)CC2. The van der Waals surface area contributed by atoms with Crippen LogP contribution in [0.25, 0.3) is 11.0 Å². The lowest BCUT2D eigenvalue weighted by atomic mass is 9.92. The number of aromatic nitrogens is 4. The quantitative estimate of drug-likeness (QED) is 0.745. The summed E-state index contributed by atoms with van der Waals surface area (Å²) in [6.07, 6.45) is 7.27. The maximum Gasteiger partial charge on any atom is 0.323 e. The molecule has 1 aliphatic rings. The average molecular weight is 358 g/mol. The van der Waals surface area contributed by atoms with E-state index in [4.69, 9.17) is 11.6 Å². The Hall–Kier alpha value is -2.67. The monoisotopic (exact) mass is 357 g/mol. The van der Waals surface area contributed by atoms with Crippen LogP contribution in [-0.4, -0.2) is 36.6 Å². The second-order valence-electron chi connectivity index (χ2n) is 6.09. The van der Waals surface area contributed by atoms with E-state index in [0.29, 0.717) is 11.0 Å². The molecule has 3 aromatic heterocycles. The lowest BCUT2D eigenvalue weighted by Gasteiger charge is -2.24. The van der Waals surface area contributed by atoms with Gasteiger partial charge in [-0.2, -0.15) is 0 Å². The van der Waals surface area contributed by atoms with E-state index in [9.17, 15) is 9.90 Å². The number of halogens is 1. The summed E-state index contributed by atoms with van der Waals surface area (Å²) in [6.45, 7) is -0.0457. The van der Waals surface area contributed by atoms with Crippen LogP contribution in [0.2, 0.25) is 5.02 Å². The van der Waals surface area contributed by atoms with Gasteiger partial charge in [0.15, 0.2) is 0 Å². The smallest absolute Gasteiger partial charge is 0.323 e. The number of nitrogens with one attached hydrogen (secondary N) is 1. The summed E-state index contributed by atoms with van der Waals surface area (Å²) >= 11 is 5.82. The molecule has 1 aliphatic carbocycles. The van der Waals surface area contributed by atoms with E-state index in [2.05, 4.69) is 20.3 Å². The minimum atomic E-state index is -0.849. The topological polar surface area (TPSA) is 92.9 Å². The van der Waals surface area contributed by atoms with Crippen molar-refractivity contribution in [1.29, 1.82) is 0 Å². The fourth-order valence-electron chi connectivity index (χ4n) is 3.46. The minimum Gasteiger partial charge on any atom is -0.480 e. The second kappa shape index (κ2) is 6.33. The molecule has 0 aliphatic heterocycles. The van der Waals surface area contributed by atoms with Crippen molar-refractivity contribution in [2.45, 2.75) is 31.8 Å². The molecule has 0 spiro atoms. The van der Waals surface area contributed by atoms with Gasteiger partial charge in [0.05, 0.1) is 28.4 Å². The number of fused-ring (bicyclic) bond motifs is 3. The number of carboxylic acid groups (broad SMARTS) is 1. The Labute approximate surface area is 148 Å². The third-order valence-electron chi connectivity index (χ3n) is 4.46. The van der Waals surface area contributed by atoms with E-state index in [0.717, 1.165) is 41.6 Å². The van der Waals surface area contributed by atoms with E-state index >= 15 is 0 Å². The molecule has 0 aromatic carbocycles. The van der Waals surface area contributed by atoms with Gasteiger partial charge < -0.3 is 15.0 Å². The first-order valence-corrected chi connectivity index (χ1v) is 8.40. The Morgan fingerprint density at radius 2 is 2.16 bits per heavy atom. The molecular weight excluding hydrogens is 342 g/mol. The summed E-state index contributed by atoms with van der Waals surface area (Å²) in [7, 11) is 0. The van der Waals surface area contributed by atoms with Gasteiger partial charge in [-0.15, -0.1) is 0 Å². The maximum atomic E-state index is 11.2. The van der Waals surface area contributed by atoms with Crippen molar-refractivity contribution in [2.75, 3.05) is 5.32 Å². The van der Waals surface area contributed by atoms with Crippen LogP contribution in [0.15, 0.2) is 30.7 Å². The maximum absolute atomic E-state index is 11.2. The number of rotatable bonds is 4. The number of carboxylic acids is 1. The van der Waals surface area contributed by atoms with E-state index in [1.54, 1.807) is 18.6 Å². The summed E-state index contributed by atoms with van der Waals surface area (Å²) < 4.78 is 1.87. The van der Waals surface area contributed by atoms with Crippen molar-refractivity contribution in [2.24, 2.45) is 0 Å². The zero-order valence-corrected chi connectivity index (χ0v) is 14.1. The number of nitrogens with zero attached hydrogens (tertiary/aromatic N) is 4. The molecule has 128 valence electrons. The first-order chi connectivity index (χ1) is 12.1. The van der Waals surface area contributed by atoms with Gasteiger partial charge in [-0.3, -0.25) is 9.78 Å². The number of anilines is 1. The van der Waals surface area contributed by atoms with Crippen molar-refractivity contribution < 1.29 is 9.90 Å². The predicted molar refractivity (Wildman–Crippen MR) is 93.8 cm³/mol. The third kappa shape index (κ3) is 3.02. The molecule has 0 amide bonds. The molecule has 1 unspecified atom stereocenters. The zero-order chi connectivity index (χ0) is 17.4. The van der Waals surface area contributed by atoms with Gasteiger partial charge in [-0.1, -0.05) is 11.6 Å². The van der Waals surface area contributed by atoms with Gasteiger partial charge in [-0.05, 0) is 31.4 Å². The molecule has 7 nitrogen and oxygen atoms in total. The fraction of sp³-hybridized carbons (Fsp3) is 0.294. The molecular formula is C17H16ClN5O2. The molecule has 8 heteroatoms. The first kappa shape index (κ1) is 15.8. The molecule has 3 heterocycles. The first-order valence-electron chi connectivity index (χ1n) is 8.02. The zero-order valence-electron chi connectivity index (χ0n) is 13.3. The Morgan fingerprint density at radius 3 is 2.92 bits per heavy atom. The molecule has 0 bridgehead atoms. The van der Waals surface area contributed by atoms with Crippen LogP contribution in [0.1, 0.15) is 17.7 Å². The highest BCUT2D eigenvalue weighted by molar-refractivity contribution is 6.30. The highest BCUT2D eigenvalue weighted by Gasteiger charge is 2.27. The molecule has 2 N–H and O–H groups in total. The number of hydrogen-bond acceptors (Lipinski definition) is 5. The largest absolute Gasteiger partial charge is 0.480 e. The molecule has 25 heavy (non-hydrogen) atoms. The molecule has 0 saturated carbocycles. The Morgan fingerprint density at radius 1 is 1.36 bits per heavy atom. The molecule has 0 radical (unpaired) electrons. The van der Waals surface area contributed by atoms with Crippen molar-refractivity contribution in [1.82, 2.24) is 19.5 Å². The molecule has 0 fully saturated rings. The van der Waals surface area contributed by atoms with Crippen molar-refractivity contribution in [3.63, 3.8) is 0 Å². The van der Waals surface area contributed by atoms with Gasteiger partial charge >= 0.3 is 5.97 Å². The van der Waals surface area contributed by atoms with Crippen molar-refractivity contribution in [3.05, 3.63) is 47.0 Å². The summed E-state index contributed by atoms with van der Waals surface area (Å²) in [4.78, 5) is 24.1. The van der Waals surface area contributed by atoms with E-state index in [-0.39, 0.29) is 12.6 Å². The molecule has 0 saturated heterocycles. The van der Waals surface area contributed by atoms with Crippen molar-refractivity contribution >= 4 is 34.6 Å². The van der Waals surface area contributed by atoms with Gasteiger partial charge in [0.25, 0.3) is 0 Å². The molecule has 3 aromatic rings. The van der Waals surface area contributed by atoms with Gasteiger partial charge in [0.1, 0.15) is 6.54 Å². The minimum absolute atomic E-state index is 0.0457.